The number of amides is 1. The zero-order valence-electron chi connectivity index (χ0n) is 12.1. The first kappa shape index (κ1) is 14.3. The van der Waals surface area contributed by atoms with Gasteiger partial charge in [0, 0.05) is 20.1 Å². The number of carbonyl (C=O) groups excluding carboxylic acids is 1. The van der Waals surface area contributed by atoms with E-state index in [1.165, 1.54) is 0 Å². The van der Waals surface area contributed by atoms with Gasteiger partial charge in [-0.3, -0.25) is 10.2 Å². The Morgan fingerprint density at radius 3 is 2.55 bits per heavy atom. The van der Waals surface area contributed by atoms with Gasteiger partial charge in [0.15, 0.2) is 0 Å². The normalized spacial score (nSPS) is 19.2. The number of rotatable bonds is 1. The van der Waals surface area contributed by atoms with Crippen LogP contribution in [0.3, 0.4) is 0 Å². The molecule has 0 atom stereocenters. The molecule has 1 amide bonds. The summed E-state index contributed by atoms with van der Waals surface area (Å²) in [5, 5.41) is 0. The second-order valence-corrected chi connectivity index (χ2v) is 5.35. The molecule has 0 bridgehead atoms. The van der Waals surface area contributed by atoms with E-state index >= 15 is 0 Å². The second kappa shape index (κ2) is 5.50. The Morgan fingerprint density at radius 2 is 1.95 bits per heavy atom. The maximum atomic E-state index is 12.3. The van der Waals surface area contributed by atoms with Gasteiger partial charge < -0.3 is 9.80 Å². The van der Waals surface area contributed by atoms with Crippen molar-refractivity contribution in [2.24, 2.45) is 10.8 Å². The fourth-order valence-electron chi connectivity index (χ4n) is 2.38. The quantitative estimate of drug-likeness (QED) is 0.342. The largest absolute Gasteiger partial charge is 0.342 e. The molecule has 1 saturated heterocycles. The monoisotopic (exact) mass is 275 g/mol. The summed E-state index contributed by atoms with van der Waals surface area (Å²) in [5.41, 5.74) is 2.74. The topological polar surface area (TPSA) is 74.0 Å². The number of hydrogen-bond acceptors (Lipinski definition) is 3. The van der Waals surface area contributed by atoms with Crippen LogP contribution >= 0.6 is 0 Å². The molecule has 3 N–H and O–H groups in total. The number of guanidine groups is 1. The van der Waals surface area contributed by atoms with Crippen molar-refractivity contribution in [2.75, 3.05) is 20.1 Å². The van der Waals surface area contributed by atoms with Gasteiger partial charge in [-0.25, -0.2) is 10.8 Å². The number of carbonyl (C=O) groups is 1. The van der Waals surface area contributed by atoms with Crippen LogP contribution in [0.15, 0.2) is 35.3 Å². The predicted molar refractivity (Wildman–Crippen MR) is 79.3 cm³/mol. The summed E-state index contributed by atoms with van der Waals surface area (Å²) in [4.78, 5) is 20.4. The Bertz CT molecular complexity index is 512. The molecule has 1 heterocycles. The Hall–Kier alpha value is -2.08. The van der Waals surface area contributed by atoms with Crippen molar-refractivity contribution in [3.8, 4) is 0 Å². The first-order chi connectivity index (χ1) is 9.46. The zero-order chi connectivity index (χ0) is 14.8. The molecule has 0 aromatic heterocycles. The maximum Gasteiger partial charge on any atom is 0.247 e. The first-order valence-corrected chi connectivity index (χ1v) is 6.60. The van der Waals surface area contributed by atoms with Gasteiger partial charge in [0.25, 0.3) is 0 Å². The molecular weight excluding hydrogens is 254 g/mol. The first-order valence-electron chi connectivity index (χ1n) is 6.60. The molecule has 1 fully saturated rings. The molecule has 2 rings (SSSR count). The van der Waals surface area contributed by atoms with E-state index < -0.39 is 5.54 Å². The highest BCUT2D eigenvalue weighted by atomic mass is 16.2. The predicted octanol–water partition coefficient (Wildman–Crippen LogP) is 0.690. The molecular formula is C14H21N5O. The Balaban J connectivity index is 2.32. The minimum absolute atomic E-state index is 0.0553. The highest BCUT2D eigenvalue weighted by Crippen LogP contribution is 2.22. The molecule has 1 aromatic rings. The van der Waals surface area contributed by atoms with E-state index in [4.69, 9.17) is 5.84 Å². The number of nitrogens with zero attached hydrogens (tertiary/aromatic N) is 3. The number of aliphatic imine (C=N–C) groups is 1. The number of nitrogens with one attached hydrogen (secondary N) is 1. The summed E-state index contributed by atoms with van der Waals surface area (Å²) in [6.45, 7) is 5.09. The lowest BCUT2D eigenvalue weighted by molar-refractivity contribution is -0.143. The van der Waals surface area contributed by atoms with Gasteiger partial charge in [0.05, 0.1) is 5.69 Å². The highest BCUT2D eigenvalue weighted by molar-refractivity contribution is 5.93. The Morgan fingerprint density at radius 1 is 1.30 bits per heavy atom. The molecule has 20 heavy (non-hydrogen) atoms. The summed E-state index contributed by atoms with van der Waals surface area (Å²) < 4.78 is 0. The van der Waals surface area contributed by atoms with Crippen LogP contribution in [0.5, 0.6) is 0 Å². The fourth-order valence-corrected chi connectivity index (χ4v) is 2.38. The zero-order valence-corrected chi connectivity index (χ0v) is 12.1. The van der Waals surface area contributed by atoms with Crippen molar-refractivity contribution < 1.29 is 4.79 Å². The van der Waals surface area contributed by atoms with Crippen molar-refractivity contribution in [1.29, 1.82) is 0 Å². The number of hydrogen-bond donors (Lipinski definition) is 2. The van der Waals surface area contributed by atoms with Crippen LogP contribution < -0.4 is 11.3 Å². The van der Waals surface area contributed by atoms with E-state index in [1.807, 2.05) is 56.1 Å². The maximum absolute atomic E-state index is 12.3. The number of likely N-dealkylation sites (N-methyl/N-ethyl adjacent to an activating group) is 1. The van der Waals surface area contributed by atoms with E-state index in [1.54, 1.807) is 4.90 Å². The molecule has 6 nitrogen and oxygen atoms in total. The average Bonchev–Trinajstić information content (AvgIpc) is 2.44. The lowest BCUT2D eigenvalue weighted by Gasteiger charge is -2.45. The molecule has 1 aliphatic rings. The van der Waals surface area contributed by atoms with Crippen molar-refractivity contribution in [1.82, 2.24) is 15.2 Å². The van der Waals surface area contributed by atoms with Crippen LogP contribution in [0.4, 0.5) is 5.69 Å². The van der Waals surface area contributed by atoms with E-state index in [0.29, 0.717) is 19.0 Å². The van der Waals surface area contributed by atoms with E-state index in [2.05, 4.69) is 10.4 Å². The third-order valence-corrected chi connectivity index (χ3v) is 3.58. The molecule has 1 aliphatic heterocycles. The fraction of sp³-hybridized carbons (Fsp3) is 0.429. The van der Waals surface area contributed by atoms with Crippen molar-refractivity contribution in [2.45, 2.75) is 19.4 Å². The van der Waals surface area contributed by atoms with Gasteiger partial charge in [-0.1, -0.05) is 18.2 Å². The van der Waals surface area contributed by atoms with Gasteiger partial charge in [0.2, 0.25) is 11.9 Å². The third kappa shape index (κ3) is 2.60. The van der Waals surface area contributed by atoms with Crippen LogP contribution in [-0.2, 0) is 4.79 Å². The van der Waals surface area contributed by atoms with E-state index in [0.717, 1.165) is 5.69 Å². The summed E-state index contributed by atoms with van der Waals surface area (Å²) >= 11 is 0. The van der Waals surface area contributed by atoms with Crippen LogP contribution in [0.25, 0.3) is 0 Å². The highest BCUT2D eigenvalue weighted by Gasteiger charge is 2.42. The smallest absolute Gasteiger partial charge is 0.247 e. The van der Waals surface area contributed by atoms with E-state index in [9.17, 15) is 4.79 Å². The summed E-state index contributed by atoms with van der Waals surface area (Å²) in [7, 11) is 1.81. The van der Waals surface area contributed by atoms with Gasteiger partial charge in [-0.2, -0.15) is 0 Å². The van der Waals surface area contributed by atoms with Crippen LogP contribution in [0.2, 0.25) is 0 Å². The van der Waals surface area contributed by atoms with Crippen LogP contribution in [0, 0.1) is 0 Å². The number of para-hydroxylation sites is 1. The molecule has 108 valence electrons. The number of piperazine rings is 1. The lowest BCUT2D eigenvalue weighted by atomic mass is 9.98. The molecule has 0 spiro atoms. The summed E-state index contributed by atoms with van der Waals surface area (Å²) in [6, 6.07) is 9.53. The summed E-state index contributed by atoms with van der Waals surface area (Å²) in [6.07, 6.45) is 0. The average molecular weight is 275 g/mol. The second-order valence-electron chi connectivity index (χ2n) is 5.35. The lowest BCUT2D eigenvalue weighted by Crippen LogP contribution is -2.66. The minimum Gasteiger partial charge on any atom is -0.342 e. The standard InChI is InChI=1S/C14H21N5O/c1-14(2)12(20)18(3)9-10-19(14)13(17-15)16-11-7-5-4-6-8-11/h4-8H,9-10,15H2,1-3H3,(H,16,17). The van der Waals surface area contributed by atoms with Crippen molar-refractivity contribution in [3.63, 3.8) is 0 Å². The Labute approximate surface area is 119 Å². The molecule has 6 heteroatoms. The van der Waals surface area contributed by atoms with Crippen molar-refractivity contribution >= 4 is 17.6 Å². The molecule has 1 aromatic carbocycles. The van der Waals surface area contributed by atoms with Crippen LogP contribution in [0.1, 0.15) is 13.8 Å². The third-order valence-electron chi connectivity index (χ3n) is 3.58. The van der Waals surface area contributed by atoms with Gasteiger partial charge >= 0.3 is 0 Å². The van der Waals surface area contributed by atoms with Crippen molar-refractivity contribution in [3.05, 3.63) is 30.3 Å². The molecule has 0 saturated carbocycles. The van der Waals surface area contributed by atoms with Crippen LogP contribution in [-0.4, -0.2) is 47.3 Å². The molecule has 0 unspecified atom stereocenters. The molecule has 0 radical (unpaired) electrons. The number of nitrogens with two attached hydrogens (primary N) is 1. The van der Waals surface area contributed by atoms with Gasteiger partial charge in [-0.05, 0) is 26.0 Å². The van der Waals surface area contributed by atoms with Gasteiger partial charge in [-0.15, -0.1) is 0 Å². The van der Waals surface area contributed by atoms with E-state index in [-0.39, 0.29) is 5.91 Å². The number of benzene rings is 1. The summed E-state index contributed by atoms with van der Waals surface area (Å²) in [5.74, 6) is 6.16. The van der Waals surface area contributed by atoms with Gasteiger partial charge in [0.1, 0.15) is 5.54 Å². The SMILES string of the molecule is CN1CCN(C(=Nc2ccccc2)NN)C(C)(C)C1=O. The number of hydrazine groups is 1. The molecule has 0 aliphatic carbocycles. The Kier molecular flexibility index (Phi) is 3.94. The minimum atomic E-state index is -0.674.